The molecule has 0 aliphatic heterocycles. The summed E-state index contributed by atoms with van der Waals surface area (Å²) < 4.78 is 0. The average molecular weight is 539 g/mol. The molecule has 0 aliphatic rings. The second-order valence-electron chi connectivity index (χ2n) is 11.2. The number of unbranched alkanes of at least 4 members (excludes halogenated alkanes) is 12. The van der Waals surface area contributed by atoms with Crippen molar-refractivity contribution in [2.75, 3.05) is 6.61 Å². The molecule has 2 atom stereocenters. The molecule has 2 rings (SSSR count). The standard InChI is InChI=1S/C34H54N2O3/c1-2-3-4-5-6-7-8-9-10-11-12-13-20-25-32(38)36(33(39)27-26-30-21-16-14-17-22-30)34(35,29-37)28-31-23-18-15-19-24-31/h14-19,21-24,33,37,39H,2-13,20,25-29,35H2,1H3/t33-,34-/m1/s1. The summed E-state index contributed by atoms with van der Waals surface area (Å²) in [5.74, 6) is -0.189. The zero-order valence-electron chi connectivity index (χ0n) is 24.4. The third kappa shape index (κ3) is 13.1. The van der Waals surface area contributed by atoms with E-state index in [4.69, 9.17) is 5.73 Å². The van der Waals surface area contributed by atoms with Crippen LogP contribution in [0.3, 0.4) is 0 Å². The number of hydrogen-bond donors (Lipinski definition) is 3. The molecule has 0 bridgehead atoms. The highest BCUT2D eigenvalue weighted by Gasteiger charge is 2.39. The Balaban J connectivity index is 1.83. The molecule has 218 valence electrons. The van der Waals surface area contributed by atoms with Crippen molar-refractivity contribution in [3.8, 4) is 0 Å². The fourth-order valence-electron chi connectivity index (χ4n) is 5.36. The van der Waals surface area contributed by atoms with Gasteiger partial charge in [-0.25, -0.2) is 0 Å². The van der Waals surface area contributed by atoms with E-state index in [0.717, 1.165) is 30.4 Å². The van der Waals surface area contributed by atoms with Gasteiger partial charge >= 0.3 is 0 Å². The van der Waals surface area contributed by atoms with Crippen LogP contribution in [0.5, 0.6) is 0 Å². The maximum atomic E-state index is 13.5. The van der Waals surface area contributed by atoms with Gasteiger partial charge in [0, 0.05) is 12.8 Å². The number of nitrogens with zero attached hydrogens (tertiary/aromatic N) is 1. The number of carbonyl (C=O) groups excluding carboxylic acids is 1. The zero-order valence-corrected chi connectivity index (χ0v) is 24.4. The predicted molar refractivity (Wildman–Crippen MR) is 162 cm³/mol. The van der Waals surface area contributed by atoms with Crippen LogP contribution < -0.4 is 5.73 Å². The first-order valence-electron chi connectivity index (χ1n) is 15.5. The third-order valence-electron chi connectivity index (χ3n) is 7.70. The Morgan fingerprint density at radius 2 is 1.23 bits per heavy atom. The fourth-order valence-corrected chi connectivity index (χ4v) is 5.36. The SMILES string of the molecule is CCCCCCCCCCCCCCCC(=O)N([C@H](O)CCc1ccccc1)[C@@](N)(CO)Cc1ccccc1. The normalized spacial score (nSPS) is 13.6. The zero-order chi connectivity index (χ0) is 28.2. The maximum absolute atomic E-state index is 13.5. The molecule has 0 saturated heterocycles. The highest BCUT2D eigenvalue weighted by Crippen LogP contribution is 2.23. The molecule has 39 heavy (non-hydrogen) atoms. The van der Waals surface area contributed by atoms with Crippen molar-refractivity contribution in [1.82, 2.24) is 4.90 Å². The summed E-state index contributed by atoms with van der Waals surface area (Å²) in [4.78, 5) is 14.8. The summed E-state index contributed by atoms with van der Waals surface area (Å²) >= 11 is 0. The Kier molecular flexibility index (Phi) is 16.7. The first-order valence-corrected chi connectivity index (χ1v) is 15.5. The monoisotopic (exact) mass is 538 g/mol. The molecule has 0 heterocycles. The molecule has 0 aliphatic carbocycles. The van der Waals surface area contributed by atoms with Crippen LogP contribution in [0.15, 0.2) is 60.7 Å². The first kappa shape index (κ1) is 33.0. The van der Waals surface area contributed by atoms with Gasteiger partial charge in [0.05, 0.1) is 6.61 Å². The van der Waals surface area contributed by atoms with E-state index in [0.29, 0.717) is 19.3 Å². The molecular weight excluding hydrogens is 484 g/mol. The lowest BCUT2D eigenvalue weighted by atomic mass is 9.96. The van der Waals surface area contributed by atoms with Crippen LogP contribution in [-0.4, -0.2) is 39.5 Å². The van der Waals surface area contributed by atoms with Crippen molar-refractivity contribution in [2.45, 2.75) is 128 Å². The van der Waals surface area contributed by atoms with Gasteiger partial charge in [-0.2, -0.15) is 0 Å². The minimum Gasteiger partial charge on any atom is -0.392 e. The quantitative estimate of drug-likeness (QED) is 0.110. The van der Waals surface area contributed by atoms with Gasteiger partial charge in [0.15, 0.2) is 0 Å². The van der Waals surface area contributed by atoms with Gasteiger partial charge in [-0.1, -0.05) is 145 Å². The van der Waals surface area contributed by atoms with E-state index in [9.17, 15) is 15.0 Å². The number of rotatable bonds is 22. The smallest absolute Gasteiger partial charge is 0.226 e. The molecule has 0 unspecified atom stereocenters. The van der Waals surface area contributed by atoms with E-state index in [1.54, 1.807) is 0 Å². The topological polar surface area (TPSA) is 86.8 Å². The molecule has 2 aromatic rings. The number of aliphatic hydroxyl groups is 2. The van der Waals surface area contributed by atoms with Crippen molar-refractivity contribution >= 4 is 5.91 Å². The third-order valence-corrected chi connectivity index (χ3v) is 7.70. The Bertz CT molecular complexity index is 877. The van der Waals surface area contributed by atoms with Crippen LogP contribution in [0.4, 0.5) is 0 Å². The first-order chi connectivity index (χ1) is 19.0. The van der Waals surface area contributed by atoms with Gasteiger partial charge in [0.25, 0.3) is 0 Å². The van der Waals surface area contributed by atoms with Crippen LogP contribution in [0.1, 0.15) is 114 Å². The van der Waals surface area contributed by atoms with Gasteiger partial charge in [0.1, 0.15) is 11.9 Å². The van der Waals surface area contributed by atoms with E-state index >= 15 is 0 Å². The van der Waals surface area contributed by atoms with Gasteiger partial charge in [-0.15, -0.1) is 0 Å². The maximum Gasteiger partial charge on any atom is 0.226 e. The van der Waals surface area contributed by atoms with Crippen molar-refractivity contribution in [3.63, 3.8) is 0 Å². The van der Waals surface area contributed by atoms with Crippen LogP contribution in [-0.2, 0) is 17.6 Å². The molecule has 5 heteroatoms. The molecule has 0 spiro atoms. The van der Waals surface area contributed by atoms with Crippen LogP contribution >= 0.6 is 0 Å². The summed E-state index contributed by atoms with van der Waals surface area (Å²) in [6.45, 7) is 1.84. The number of carbonyl (C=O) groups is 1. The molecule has 0 fully saturated rings. The van der Waals surface area contributed by atoms with Crippen molar-refractivity contribution < 1.29 is 15.0 Å². The van der Waals surface area contributed by atoms with E-state index < -0.39 is 18.5 Å². The Morgan fingerprint density at radius 1 is 0.769 bits per heavy atom. The highest BCUT2D eigenvalue weighted by molar-refractivity contribution is 5.77. The number of benzene rings is 2. The van der Waals surface area contributed by atoms with Crippen molar-refractivity contribution in [2.24, 2.45) is 5.73 Å². The van der Waals surface area contributed by atoms with Crippen molar-refractivity contribution in [1.29, 1.82) is 0 Å². The van der Waals surface area contributed by atoms with Crippen molar-refractivity contribution in [3.05, 3.63) is 71.8 Å². The summed E-state index contributed by atoms with van der Waals surface area (Å²) in [6.07, 6.45) is 16.7. The number of aryl methyl sites for hydroxylation is 1. The number of amides is 1. The van der Waals surface area contributed by atoms with Gasteiger partial charge in [-0.3, -0.25) is 9.69 Å². The van der Waals surface area contributed by atoms with Crippen LogP contribution in [0.25, 0.3) is 0 Å². The van der Waals surface area contributed by atoms with E-state index in [1.807, 2.05) is 60.7 Å². The largest absolute Gasteiger partial charge is 0.392 e. The van der Waals surface area contributed by atoms with Crippen LogP contribution in [0.2, 0.25) is 0 Å². The number of nitrogens with two attached hydrogens (primary N) is 1. The molecule has 0 radical (unpaired) electrons. The molecule has 0 aromatic heterocycles. The Morgan fingerprint density at radius 3 is 1.72 bits per heavy atom. The molecule has 4 N–H and O–H groups in total. The summed E-state index contributed by atoms with van der Waals surface area (Å²) in [6, 6.07) is 19.5. The van der Waals surface area contributed by atoms with Crippen LogP contribution in [0, 0.1) is 0 Å². The fraction of sp³-hybridized carbons (Fsp3) is 0.618. The van der Waals surface area contributed by atoms with Gasteiger partial charge in [0.2, 0.25) is 5.91 Å². The summed E-state index contributed by atoms with van der Waals surface area (Å²) in [7, 11) is 0. The minimum absolute atomic E-state index is 0.189. The Labute approximate surface area is 237 Å². The lowest BCUT2D eigenvalue weighted by molar-refractivity contribution is -0.158. The van der Waals surface area contributed by atoms with Gasteiger partial charge in [-0.05, 0) is 30.4 Å². The number of hydrogen-bond acceptors (Lipinski definition) is 4. The molecular formula is C34H54N2O3. The highest BCUT2D eigenvalue weighted by atomic mass is 16.3. The lowest BCUT2D eigenvalue weighted by Gasteiger charge is -2.43. The van der Waals surface area contributed by atoms with Gasteiger partial charge < -0.3 is 15.9 Å². The summed E-state index contributed by atoms with van der Waals surface area (Å²) in [5, 5.41) is 21.6. The molecule has 1 amide bonds. The van der Waals surface area contributed by atoms with E-state index in [-0.39, 0.29) is 12.3 Å². The molecule has 5 nitrogen and oxygen atoms in total. The lowest BCUT2D eigenvalue weighted by Crippen LogP contribution is -2.65. The second kappa shape index (κ2) is 19.8. The second-order valence-corrected chi connectivity index (χ2v) is 11.2. The minimum atomic E-state index is -1.37. The Hall–Kier alpha value is -2.21. The molecule has 2 aromatic carbocycles. The predicted octanol–water partition coefficient (Wildman–Crippen LogP) is 7.14. The average Bonchev–Trinajstić information content (AvgIpc) is 2.95. The number of aliphatic hydroxyl groups excluding tert-OH is 2. The van der Waals surface area contributed by atoms with E-state index in [2.05, 4.69) is 6.92 Å². The summed E-state index contributed by atoms with van der Waals surface area (Å²) in [5.41, 5.74) is 7.33. The molecule has 0 saturated carbocycles. The van der Waals surface area contributed by atoms with E-state index in [1.165, 1.54) is 69.1 Å².